The van der Waals surface area contributed by atoms with Crippen molar-refractivity contribution in [3.8, 4) is 0 Å². The molecular formula is C19H18FNO3. The molecule has 2 aromatic carbocycles. The van der Waals surface area contributed by atoms with Gasteiger partial charge in [-0.15, -0.1) is 0 Å². The molecule has 0 bridgehead atoms. The molecule has 4 nitrogen and oxygen atoms in total. The molecule has 1 amide bonds. The standard InChI is InChI=1S/C19H18FNO3/c20-16-4-1-3-15(11-16)13-24-19(23)12-14-6-8-17(9-7-14)21-10-2-5-18(21)22/h1,3-4,6-9,11H,2,5,10,12-13H2. The van der Waals surface area contributed by atoms with Crippen LogP contribution in [0.4, 0.5) is 10.1 Å². The van der Waals surface area contributed by atoms with Crippen molar-refractivity contribution in [1.29, 1.82) is 0 Å². The molecule has 0 spiro atoms. The number of amides is 1. The fourth-order valence-corrected chi connectivity index (χ4v) is 2.72. The predicted molar refractivity (Wildman–Crippen MR) is 87.9 cm³/mol. The Morgan fingerprint density at radius 3 is 2.58 bits per heavy atom. The summed E-state index contributed by atoms with van der Waals surface area (Å²) in [5.74, 6) is -0.586. The molecule has 0 N–H and O–H groups in total. The molecule has 1 fully saturated rings. The quantitative estimate of drug-likeness (QED) is 0.792. The average molecular weight is 327 g/mol. The lowest BCUT2D eigenvalue weighted by Gasteiger charge is -2.15. The lowest BCUT2D eigenvalue weighted by molar-refractivity contribution is -0.144. The Morgan fingerprint density at radius 2 is 1.92 bits per heavy atom. The molecule has 0 atom stereocenters. The summed E-state index contributed by atoms with van der Waals surface area (Å²) in [7, 11) is 0. The maximum absolute atomic E-state index is 13.1. The molecule has 1 saturated heterocycles. The van der Waals surface area contributed by atoms with E-state index in [1.807, 2.05) is 24.3 Å². The molecule has 124 valence electrons. The first-order chi connectivity index (χ1) is 11.6. The summed E-state index contributed by atoms with van der Waals surface area (Å²) in [5, 5.41) is 0. The number of carbonyl (C=O) groups excluding carboxylic acids is 2. The van der Waals surface area contributed by atoms with Crippen molar-refractivity contribution in [2.45, 2.75) is 25.9 Å². The van der Waals surface area contributed by atoms with Crippen molar-refractivity contribution in [3.05, 3.63) is 65.5 Å². The van der Waals surface area contributed by atoms with Gasteiger partial charge in [-0.1, -0.05) is 24.3 Å². The second kappa shape index (κ2) is 7.25. The lowest BCUT2D eigenvalue weighted by Crippen LogP contribution is -2.23. The molecule has 0 radical (unpaired) electrons. The smallest absolute Gasteiger partial charge is 0.310 e. The van der Waals surface area contributed by atoms with Crippen LogP contribution in [-0.2, 0) is 27.4 Å². The fraction of sp³-hybridized carbons (Fsp3) is 0.263. The van der Waals surface area contributed by atoms with E-state index in [0.29, 0.717) is 12.0 Å². The largest absolute Gasteiger partial charge is 0.461 e. The average Bonchev–Trinajstić information content (AvgIpc) is 3.00. The second-order valence-corrected chi connectivity index (χ2v) is 5.78. The van der Waals surface area contributed by atoms with Crippen LogP contribution in [0.1, 0.15) is 24.0 Å². The van der Waals surface area contributed by atoms with Crippen LogP contribution in [0.25, 0.3) is 0 Å². The Labute approximate surface area is 139 Å². The number of rotatable bonds is 5. The minimum atomic E-state index is -0.371. The minimum absolute atomic E-state index is 0.0525. The zero-order valence-corrected chi connectivity index (χ0v) is 13.2. The highest BCUT2D eigenvalue weighted by molar-refractivity contribution is 5.95. The van der Waals surface area contributed by atoms with Gasteiger partial charge >= 0.3 is 5.97 Å². The van der Waals surface area contributed by atoms with Gasteiger partial charge in [-0.3, -0.25) is 9.59 Å². The van der Waals surface area contributed by atoms with Gasteiger partial charge in [0.1, 0.15) is 12.4 Å². The molecule has 3 rings (SSSR count). The predicted octanol–water partition coefficient (Wildman–Crippen LogP) is 3.24. The molecule has 24 heavy (non-hydrogen) atoms. The zero-order chi connectivity index (χ0) is 16.9. The molecule has 2 aromatic rings. The Hall–Kier alpha value is -2.69. The molecule has 1 aliphatic rings. The summed E-state index contributed by atoms with van der Waals surface area (Å²) in [5.41, 5.74) is 2.29. The van der Waals surface area contributed by atoms with Crippen LogP contribution < -0.4 is 4.90 Å². The summed E-state index contributed by atoms with van der Waals surface area (Å²) in [4.78, 5) is 25.3. The zero-order valence-electron chi connectivity index (χ0n) is 13.2. The SMILES string of the molecule is O=C(Cc1ccc(N2CCCC2=O)cc1)OCc1cccc(F)c1. The van der Waals surface area contributed by atoms with Crippen LogP contribution in [0.2, 0.25) is 0 Å². The van der Waals surface area contributed by atoms with Gasteiger partial charge in [0.25, 0.3) is 0 Å². The van der Waals surface area contributed by atoms with Crippen molar-refractivity contribution in [3.63, 3.8) is 0 Å². The molecular weight excluding hydrogens is 309 g/mol. The third-order valence-electron chi connectivity index (χ3n) is 3.96. The van der Waals surface area contributed by atoms with Crippen LogP contribution in [0, 0.1) is 5.82 Å². The van der Waals surface area contributed by atoms with Crippen LogP contribution in [-0.4, -0.2) is 18.4 Å². The number of hydrogen-bond donors (Lipinski definition) is 0. The fourth-order valence-electron chi connectivity index (χ4n) is 2.72. The van der Waals surface area contributed by atoms with Gasteiger partial charge in [0.2, 0.25) is 5.91 Å². The Kier molecular flexibility index (Phi) is 4.89. The second-order valence-electron chi connectivity index (χ2n) is 5.78. The van der Waals surface area contributed by atoms with Crippen molar-refractivity contribution >= 4 is 17.6 Å². The third-order valence-corrected chi connectivity index (χ3v) is 3.96. The summed E-state index contributed by atoms with van der Waals surface area (Å²) in [6, 6.07) is 13.3. The van der Waals surface area contributed by atoms with Crippen molar-refractivity contribution in [1.82, 2.24) is 0 Å². The van der Waals surface area contributed by atoms with Crippen LogP contribution in [0.5, 0.6) is 0 Å². The molecule has 0 aromatic heterocycles. The highest BCUT2D eigenvalue weighted by atomic mass is 19.1. The van der Waals surface area contributed by atoms with Crippen LogP contribution >= 0.6 is 0 Å². The van der Waals surface area contributed by atoms with Gasteiger partial charge in [0.15, 0.2) is 0 Å². The number of benzene rings is 2. The molecule has 0 saturated carbocycles. The van der Waals surface area contributed by atoms with E-state index in [1.54, 1.807) is 17.0 Å². The number of nitrogens with zero attached hydrogens (tertiary/aromatic N) is 1. The van der Waals surface area contributed by atoms with E-state index in [9.17, 15) is 14.0 Å². The first-order valence-corrected chi connectivity index (χ1v) is 7.91. The molecule has 1 heterocycles. The van der Waals surface area contributed by atoms with Gasteiger partial charge in [0.05, 0.1) is 6.42 Å². The number of anilines is 1. The van der Waals surface area contributed by atoms with Crippen molar-refractivity contribution < 1.29 is 18.7 Å². The maximum Gasteiger partial charge on any atom is 0.310 e. The van der Waals surface area contributed by atoms with E-state index in [2.05, 4.69) is 0 Å². The van der Waals surface area contributed by atoms with Gasteiger partial charge in [-0.2, -0.15) is 0 Å². The van der Waals surface area contributed by atoms with E-state index >= 15 is 0 Å². The van der Waals surface area contributed by atoms with E-state index in [0.717, 1.165) is 24.2 Å². The first-order valence-electron chi connectivity index (χ1n) is 7.91. The summed E-state index contributed by atoms with van der Waals surface area (Å²) in [6.45, 7) is 0.796. The number of hydrogen-bond acceptors (Lipinski definition) is 3. The number of halogens is 1. The van der Waals surface area contributed by atoms with Crippen molar-refractivity contribution in [2.24, 2.45) is 0 Å². The Bertz CT molecular complexity index is 743. The summed E-state index contributed by atoms with van der Waals surface area (Å²) < 4.78 is 18.2. The lowest BCUT2D eigenvalue weighted by atomic mass is 10.1. The minimum Gasteiger partial charge on any atom is -0.461 e. The molecule has 1 aliphatic heterocycles. The Balaban J connectivity index is 1.53. The van der Waals surface area contributed by atoms with Crippen molar-refractivity contribution in [2.75, 3.05) is 11.4 Å². The highest BCUT2D eigenvalue weighted by Crippen LogP contribution is 2.21. The Morgan fingerprint density at radius 1 is 1.12 bits per heavy atom. The molecule has 0 unspecified atom stereocenters. The number of carbonyl (C=O) groups is 2. The summed E-state index contributed by atoms with van der Waals surface area (Å²) >= 11 is 0. The van der Waals surface area contributed by atoms with E-state index < -0.39 is 0 Å². The normalized spacial score (nSPS) is 14.0. The summed E-state index contributed by atoms with van der Waals surface area (Å²) in [6.07, 6.45) is 1.62. The van der Waals surface area contributed by atoms with Crippen LogP contribution in [0.15, 0.2) is 48.5 Å². The van der Waals surface area contributed by atoms with Crippen LogP contribution in [0.3, 0.4) is 0 Å². The van der Waals surface area contributed by atoms with Gasteiger partial charge in [0, 0.05) is 18.7 Å². The first kappa shape index (κ1) is 16.2. The monoisotopic (exact) mass is 327 g/mol. The van der Waals surface area contributed by atoms with Gasteiger partial charge in [-0.05, 0) is 41.8 Å². The molecule has 0 aliphatic carbocycles. The van der Waals surface area contributed by atoms with E-state index in [1.165, 1.54) is 12.1 Å². The van der Waals surface area contributed by atoms with Gasteiger partial charge in [-0.25, -0.2) is 4.39 Å². The topological polar surface area (TPSA) is 46.6 Å². The van der Waals surface area contributed by atoms with E-state index in [4.69, 9.17) is 4.74 Å². The maximum atomic E-state index is 13.1. The van der Waals surface area contributed by atoms with Gasteiger partial charge < -0.3 is 9.64 Å². The number of ether oxygens (including phenoxy) is 1. The van der Waals surface area contributed by atoms with E-state index in [-0.39, 0.29) is 30.7 Å². The molecule has 5 heteroatoms. The number of esters is 1. The highest BCUT2D eigenvalue weighted by Gasteiger charge is 2.21. The third kappa shape index (κ3) is 3.98.